The van der Waals surface area contributed by atoms with Crippen LogP contribution in [0.15, 0.2) is 18.2 Å². The van der Waals surface area contributed by atoms with Gasteiger partial charge in [-0.3, -0.25) is 11.3 Å². The van der Waals surface area contributed by atoms with Crippen LogP contribution in [0.5, 0.6) is 0 Å². The number of halogens is 2. The van der Waals surface area contributed by atoms with E-state index < -0.39 is 11.6 Å². The van der Waals surface area contributed by atoms with E-state index >= 15 is 0 Å². The molecule has 1 rings (SSSR count). The number of rotatable bonds is 8. The molecule has 1 atom stereocenters. The third kappa shape index (κ3) is 4.70. The maximum Gasteiger partial charge on any atom is 0.128 e. The van der Waals surface area contributed by atoms with E-state index in [9.17, 15) is 8.78 Å². The molecule has 0 amide bonds. The van der Waals surface area contributed by atoms with E-state index in [1.165, 1.54) is 25.3 Å². The number of nitrogens with one attached hydrogen (secondary N) is 1. The summed E-state index contributed by atoms with van der Waals surface area (Å²) in [4.78, 5) is 0. The van der Waals surface area contributed by atoms with E-state index in [2.05, 4.69) is 12.3 Å². The van der Waals surface area contributed by atoms with Gasteiger partial charge in [0.25, 0.3) is 0 Å². The highest BCUT2D eigenvalue weighted by Gasteiger charge is 2.14. The van der Waals surface area contributed by atoms with Crippen LogP contribution in [-0.2, 0) is 0 Å². The zero-order chi connectivity index (χ0) is 13.4. The van der Waals surface area contributed by atoms with Crippen LogP contribution < -0.4 is 11.3 Å². The lowest BCUT2D eigenvalue weighted by atomic mass is 9.99. The first-order valence-electron chi connectivity index (χ1n) is 6.60. The minimum Gasteiger partial charge on any atom is -0.271 e. The van der Waals surface area contributed by atoms with Gasteiger partial charge < -0.3 is 0 Å². The maximum absolute atomic E-state index is 13.6. The normalized spacial score (nSPS) is 12.7. The first kappa shape index (κ1) is 15.1. The Morgan fingerprint density at radius 2 is 1.89 bits per heavy atom. The van der Waals surface area contributed by atoms with Gasteiger partial charge in [-0.15, -0.1) is 0 Å². The first-order valence-corrected chi connectivity index (χ1v) is 6.60. The van der Waals surface area contributed by atoms with Crippen LogP contribution >= 0.6 is 0 Å². The second kappa shape index (κ2) is 8.16. The molecule has 0 radical (unpaired) electrons. The summed E-state index contributed by atoms with van der Waals surface area (Å²) in [5.41, 5.74) is 2.88. The smallest absolute Gasteiger partial charge is 0.128 e. The predicted octanol–water partition coefficient (Wildman–Crippen LogP) is 3.83. The van der Waals surface area contributed by atoms with Crippen molar-refractivity contribution >= 4 is 0 Å². The molecule has 0 fully saturated rings. The van der Waals surface area contributed by atoms with Gasteiger partial charge in [-0.25, -0.2) is 8.78 Å². The van der Waals surface area contributed by atoms with Gasteiger partial charge in [0, 0.05) is 11.6 Å². The van der Waals surface area contributed by atoms with Crippen molar-refractivity contribution in [1.82, 2.24) is 5.43 Å². The second-order valence-electron chi connectivity index (χ2n) is 4.59. The Morgan fingerprint density at radius 1 is 1.17 bits per heavy atom. The molecule has 0 bridgehead atoms. The SMILES string of the molecule is CCCCCCCC(NN)c1cc(F)ccc1F. The number of unbranched alkanes of at least 4 members (excludes halogenated alkanes) is 4. The molecule has 1 unspecified atom stereocenters. The molecule has 0 heterocycles. The fraction of sp³-hybridized carbons (Fsp3) is 0.571. The topological polar surface area (TPSA) is 38.0 Å². The van der Waals surface area contributed by atoms with E-state index in [0.717, 1.165) is 31.4 Å². The molecule has 18 heavy (non-hydrogen) atoms. The fourth-order valence-corrected chi connectivity index (χ4v) is 2.06. The van der Waals surface area contributed by atoms with Crippen LogP contribution in [0.1, 0.15) is 57.1 Å². The number of nitrogens with two attached hydrogens (primary N) is 1. The Hall–Kier alpha value is -1.00. The lowest BCUT2D eigenvalue weighted by Gasteiger charge is -2.17. The number of benzene rings is 1. The molecule has 0 aliphatic carbocycles. The number of hydrazine groups is 1. The van der Waals surface area contributed by atoms with Crippen LogP contribution in [0.3, 0.4) is 0 Å². The Bertz CT molecular complexity index is 356. The summed E-state index contributed by atoms with van der Waals surface area (Å²) in [5.74, 6) is 4.58. The minimum atomic E-state index is -0.433. The van der Waals surface area contributed by atoms with Crippen molar-refractivity contribution in [2.75, 3.05) is 0 Å². The third-order valence-electron chi connectivity index (χ3n) is 3.13. The van der Waals surface area contributed by atoms with Gasteiger partial charge in [-0.2, -0.15) is 0 Å². The van der Waals surface area contributed by atoms with Gasteiger partial charge >= 0.3 is 0 Å². The van der Waals surface area contributed by atoms with E-state index in [0.29, 0.717) is 5.56 Å². The predicted molar refractivity (Wildman–Crippen MR) is 69.8 cm³/mol. The van der Waals surface area contributed by atoms with Crippen LogP contribution in [0.25, 0.3) is 0 Å². The van der Waals surface area contributed by atoms with Crippen molar-refractivity contribution in [3.05, 3.63) is 35.4 Å². The zero-order valence-electron chi connectivity index (χ0n) is 10.9. The summed E-state index contributed by atoms with van der Waals surface area (Å²) < 4.78 is 26.7. The molecule has 4 heteroatoms. The number of hydrogen-bond donors (Lipinski definition) is 2. The molecule has 0 aromatic heterocycles. The standard InChI is InChI=1S/C14H22F2N2/c1-2-3-4-5-6-7-14(18-17)12-10-11(15)8-9-13(12)16/h8-10,14,18H,2-7,17H2,1H3. The molecular formula is C14H22F2N2. The third-order valence-corrected chi connectivity index (χ3v) is 3.13. The van der Waals surface area contributed by atoms with E-state index in [4.69, 9.17) is 5.84 Å². The minimum absolute atomic E-state index is 0.313. The summed E-state index contributed by atoms with van der Waals surface area (Å²) in [5, 5.41) is 0. The fourth-order valence-electron chi connectivity index (χ4n) is 2.06. The van der Waals surface area contributed by atoms with Gasteiger partial charge in [0.05, 0.1) is 0 Å². The summed E-state index contributed by atoms with van der Waals surface area (Å²) in [6.07, 6.45) is 6.37. The van der Waals surface area contributed by atoms with E-state index in [1.54, 1.807) is 0 Å². The summed E-state index contributed by atoms with van der Waals surface area (Å²) >= 11 is 0. The maximum atomic E-state index is 13.6. The van der Waals surface area contributed by atoms with E-state index in [-0.39, 0.29) is 6.04 Å². The molecule has 0 aliphatic heterocycles. The Morgan fingerprint density at radius 3 is 2.56 bits per heavy atom. The van der Waals surface area contributed by atoms with Crippen molar-refractivity contribution in [3.63, 3.8) is 0 Å². The van der Waals surface area contributed by atoms with Gasteiger partial charge in [-0.05, 0) is 24.6 Å². The van der Waals surface area contributed by atoms with Crippen molar-refractivity contribution in [2.24, 2.45) is 5.84 Å². The molecule has 0 saturated carbocycles. The average Bonchev–Trinajstić information content (AvgIpc) is 2.37. The quantitative estimate of drug-likeness (QED) is 0.421. The Balaban J connectivity index is 2.52. The van der Waals surface area contributed by atoms with Gasteiger partial charge in [0.1, 0.15) is 11.6 Å². The molecule has 2 nitrogen and oxygen atoms in total. The van der Waals surface area contributed by atoms with Crippen molar-refractivity contribution in [3.8, 4) is 0 Å². The van der Waals surface area contributed by atoms with Gasteiger partial charge in [-0.1, -0.05) is 39.0 Å². The monoisotopic (exact) mass is 256 g/mol. The molecule has 1 aromatic rings. The van der Waals surface area contributed by atoms with Crippen molar-refractivity contribution < 1.29 is 8.78 Å². The van der Waals surface area contributed by atoms with Crippen LogP contribution in [0.2, 0.25) is 0 Å². The molecule has 0 spiro atoms. The molecule has 0 aliphatic rings. The largest absolute Gasteiger partial charge is 0.271 e. The second-order valence-corrected chi connectivity index (χ2v) is 4.59. The van der Waals surface area contributed by atoms with Gasteiger partial charge in [0.2, 0.25) is 0 Å². The zero-order valence-corrected chi connectivity index (χ0v) is 10.9. The molecular weight excluding hydrogens is 234 g/mol. The van der Waals surface area contributed by atoms with Crippen molar-refractivity contribution in [1.29, 1.82) is 0 Å². The van der Waals surface area contributed by atoms with Crippen LogP contribution in [0.4, 0.5) is 8.78 Å². The highest BCUT2D eigenvalue weighted by Crippen LogP contribution is 2.23. The first-order chi connectivity index (χ1) is 8.69. The lowest BCUT2D eigenvalue weighted by Crippen LogP contribution is -2.28. The average molecular weight is 256 g/mol. The van der Waals surface area contributed by atoms with Crippen LogP contribution in [0, 0.1) is 11.6 Å². The summed E-state index contributed by atoms with van der Waals surface area (Å²) in [7, 11) is 0. The Labute approximate surface area is 108 Å². The lowest BCUT2D eigenvalue weighted by molar-refractivity contribution is 0.455. The van der Waals surface area contributed by atoms with Crippen LogP contribution in [-0.4, -0.2) is 0 Å². The molecule has 1 aromatic carbocycles. The molecule has 102 valence electrons. The summed E-state index contributed by atoms with van der Waals surface area (Å²) in [6.45, 7) is 2.16. The number of hydrogen-bond acceptors (Lipinski definition) is 2. The molecule has 3 N–H and O–H groups in total. The highest BCUT2D eigenvalue weighted by atomic mass is 19.1. The van der Waals surface area contributed by atoms with Crippen molar-refractivity contribution in [2.45, 2.75) is 51.5 Å². The molecule has 0 saturated heterocycles. The van der Waals surface area contributed by atoms with Gasteiger partial charge in [0.15, 0.2) is 0 Å². The van der Waals surface area contributed by atoms with E-state index in [1.807, 2.05) is 0 Å². The summed E-state index contributed by atoms with van der Waals surface area (Å²) in [6, 6.07) is 3.16. The Kier molecular flexibility index (Phi) is 6.83. The highest BCUT2D eigenvalue weighted by molar-refractivity contribution is 5.22.